The van der Waals surface area contributed by atoms with Gasteiger partial charge in [0.05, 0.1) is 30.2 Å². The zero-order valence-corrected chi connectivity index (χ0v) is 17.8. The van der Waals surface area contributed by atoms with Gasteiger partial charge in [-0.25, -0.2) is 4.79 Å². The van der Waals surface area contributed by atoms with E-state index in [1.807, 2.05) is 6.92 Å². The first-order chi connectivity index (χ1) is 14.1. The summed E-state index contributed by atoms with van der Waals surface area (Å²) in [5.41, 5.74) is -1.85. The Morgan fingerprint density at radius 2 is 1.80 bits per heavy atom. The van der Waals surface area contributed by atoms with Crippen LogP contribution in [0.15, 0.2) is 27.6 Å². The van der Waals surface area contributed by atoms with Crippen LogP contribution >= 0.6 is 0 Å². The molecule has 1 aromatic heterocycles. The summed E-state index contributed by atoms with van der Waals surface area (Å²) in [6, 6.07) is 3.10. The summed E-state index contributed by atoms with van der Waals surface area (Å²) < 4.78 is 5.09. The molecule has 1 aromatic rings. The van der Waals surface area contributed by atoms with E-state index < -0.39 is 28.8 Å². The maximum absolute atomic E-state index is 12.2. The highest BCUT2D eigenvalue weighted by molar-refractivity contribution is 5.30. The largest absolute Gasteiger partial charge is 0.431 e. The SMILES string of the molecule is C[C@@]12[C@@H](c3ccc(=O)oc3)CC[C@]1(O)[C@@H]1CCC3C[C@@H](O)CC[C@]3(C)[C@H]1[C@H](O)[C@@H]2O. The lowest BCUT2D eigenvalue weighted by atomic mass is 9.41. The first-order valence-corrected chi connectivity index (χ1v) is 11.5. The summed E-state index contributed by atoms with van der Waals surface area (Å²) in [4.78, 5) is 11.4. The Labute approximate surface area is 176 Å². The molecule has 1 unspecified atom stereocenters. The number of aliphatic hydroxyl groups excluding tert-OH is 3. The zero-order valence-electron chi connectivity index (χ0n) is 17.8. The van der Waals surface area contributed by atoms with E-state index in [0.29, 0.717) is 25.2 Å². The minimum absolute atomic E-state index is 0.0990. The molecule has 0 spiro atoms. The molecule has 4 fully saturated rings. The first kappa shape index (κ1) is 20.7. The number of fused-ring (bicyclic) bond motifs is 5. The van der Waals surface area contributed by atoms with Crippen molar-refractivity contribution >= 4 is 0 Å². The van der Waals surface area contributed by atoms with Crippen LogP contribution < -0.4 is 5.63 Å². The van der Waals surface area contributed by atoms with Crippen molar-refractivity contribution in [3.8, 4) is 0 Å². The van der Waals surface area contributed by atoms with Crippen LogP contribution in [-0.4, -0.2) is 44.3 Å². The summed E-state index contributed by atoms with van der Waals surface area (Å²) >= 11 is 0. The van der Waals surface area contributed by atoms with Crippen molar-refractivity contribution in [1.29, 1.82) is 0 Å². The lowest BCUT2D eigenvalue weighted by molar-refractivity contribution is -0.281. The van der Waals surface area contributed by atoms with Crippen molar-refractivity contribution in [3.05, 3.63) is 34.4 Å². The van der Waals surface area contributed by atoms with Gasteiger partial charge in [-0.1, -0.05) is 13.8 Å². The van der Waals surface area contributed by atoms with Crippen molar-refractivity contribution in [2.75, 3.05) is 0 Å². The van der Waals surface area contributed by atoms with E-state index in [4.69, 9.17) is 4.42 Å². The molecule has 6 nitrogen and oxygen atoms in total. The highest BCUT2D eigenvalue weighted by atomic mass is 16.4. The lowest BCUT2D eigenvalue weighted by Gasteiger charge is -2.66. The maximum atomic E-state index is 12.2. The Hall–Kier alpha value is -1.21. The second kappa shape index (κ2) is 6.64. The molecule has 6 heteroatoms. The van der Waals surface area contributed by atoms with Crippen molar-refractivity contribution in [1.82, 2.24) is 0 Å². The monoisotopic (exact) mass is 418 g/mol. The summed E-state index contributed by atoms with van der Waals surface area (Å²) in [6.45, 7) is 4.10. The summed E-state index contributed by atoms with van der Waals surface area (Å²) in [5.74, 6) is -0.184. The van der Waals surface area contributed by atoms with Crippen LogP contribution in [-0.2, 0) is 0 Å². The van der Waals surface area contributed by atoms with E-state index in [-0.39, 0.29) is 29.3 Å². The van der Waals surface area contributed by atoms with E-state index in [1.165, 1.54) is 12.3 Å². The third kappa shape index (κ3) is 2.48. The average molecular weight is 419 g/mol. The molecule has 0 saturated heterocycles. The molecule has 10 atom stereocenters. The fourth-order valence-corrected chi connectivity index (χ4v) is 8.38. The topological polar surface area (TPSA) is 111 Å². The summed E-state index contributed by atoms with van der Waals surface area (Å²) in [5, 5.41) is 45.4. The molecule has 166 valence electrons. The van der Waals surface area contributed by atoms with Gasteiger partial charge in [-0.2, -0.15) is 0 Å². The minimum atomic E-state index is -1.10. The Balaban J connectivity index is 1.57. The molecule has 30 heavy (non-hydrogen) atoms. The van der Waals surface area contributed by atoms with Gasteiger partial charge in [0, 0.05) is 11.5 Å². The summed E-state index contributed by atoms with van der Waals surface area (Å²) in [7, 11) is 0. The van der Waals surface area contributed by atoms with E-state index in [1.54, 1.807) is 6.07 Å². The molecule has 0 radical (unpaired) electrons. The Morgan fingerprint density at radius 3 is 2.50 bits per heavy atom. The second-order valence-corrected chi connectivity index (χ2v) is 11.0. The van der Waals surface area contributed by atoms with Gasteiger partial charge in [0.1, 0.15) is 0 Å². The van der Waals surface area contributed by atoms with E-state index in [9.17, 15) is 25.2 Å². The van der Waals surface area contributed by atoms with Crippen LogP contribution in [0, 0.1) is 28.6 Å². The van der Waals surface area contributed by atoms with E-state index in [0.717, 1.165) is 31.2 Å². The molecule has 0 aliphatic heterocycles. The normalized spacial score (nSPS) is 52.9. The Kier molecular flexibility index (Phi) is 4.58. The molecular weight excluding hydrogens is 384 g/mol. The van der Waals surface area contributed by atoms with Gasteiger partial charge in [-0.15, -0.1) is 0 Å². The Bertz CT molecular complexity index is 862. The summed E-state index contributed by atoms with van der Waals surface area (Å²) in [6.07, 6.45) is 4.36. The van der Waals surface area contributed by atoms with Crippen LogP contribution in [0.3, 0.4) is 0 Å². The van der Waals surface area contributed by atoms with Crippen molar-refractivity contribution in [3.63, 3.8) is 0 Å². The van der Waals surface area contributed by atoms with E-state index >= 15 is 0 Å². The highest BCUT2D eigenvalue weighted by Crippen LogP contribution is 2.70. The number of aliphatic hydroxyl groups is 4. The molecule has 4 aliphatic carbocycles. The maximum Gasteiger partial charge on any atom is 0.335 e. The standard InChI is InChI=1S/C24H34O6/c1-22-9-7-15(25)11-14(22)4-5-17-19(22)20(27)21(28)23(2)16(8-10-24(17,23)29)13-3-6-18(26)30-12-13/h3,6,12,14-17,19-21,25,27-29H,4-5,7-11H2,1-2H3/t14?,15-,16+,17+,19+,20-,21-,22-,23-,24-/m0/s1. The van der Waals surface area contributed by atoms with Crippen LogP contribution in [0.1, 0.15) is 70.3 Å². The van der Waals surface area contributed by atoms with Crippen molar-refractivity contribution in [2.24, 2.45) is 28.6 Å². The molecule has 4 N–H and O–H groups in total. The van der Waals surface area contributed by atoms with E-state index in [2.05, 4.69) is 6.92 Å². The average Bonchev–Trinajstić information content (AvgIpc) is 3.00. The lowest BCUT2D eigenvalue weighted by Crippen LogP contribution is -2.71. The molecule has 5 rings (SSSR count). The van der Waals surface area contributed by atoms with Crippen LogP contribution in [0.25, 0.3) is 0 Å². The number of hydrogen-bond acceptors (Lipinski definition) is 6. The smallest absolute Gasteiger partial charge is 0.335 e. The fourth-order valence-electron chi connectivity index (χ4n) is 8.38. The highest BCUT2D eigenvalue weighted by Gasteiger charge is 2.73. The minimum Gasteiger partial charge on any atom is -0.431 e. The molecule has 0 bridgehead atoms. The zero-order chi connectivity index (χ0) is 21.5. The molecule has 0 amide bonds. The Morgan fingerprint density at radius 1 is 1.03 bits per heavy atom. The van der Waals surface area contributed by atoms with Crippen molar-refractivity contribution in [2.45, 2.75) is 88.6 Å². The van der Waals surface area contributed by atoms with Gasteiger partial charge < -0.3 is 24.8 Å². The van der Waals surface area contributed by atoms with Gasteiger partial charge in [0.15, 0.2) is 0 Å². The molecule has 4 aliphatic rings. The molecular formula is C24H34O6. The third-order valence-corrected chi connectivity index (χ3v) is 10.0. The molecule has 4 saturated carbocycles. The number of rotatable bonds is 1. The predicted molar refractivity (Wildman–Crippen MR) is 110 cm³/mol. The molecule has 0 aromatic carbocycles. The third-order valence-electron chi connectivity index (χ3n) is 10.0. The number of hydrogen-bond donors (Lipinski definition) is 4. The van der Waals surface area contributed by atoms with Crippen LogP contribution in [0.4, 0.5) is 0 Å². The quantitative estimate of drug-likeness (QED) is 0.556. The first-order valence-electron chi connectivity index (χ1n) is 11.5. The fraction of sp³-hybridized carbons (Fsp3) is 0.792. The second-order valence-electron chi connectivity index (χ2n) is 11.0. The van der Waals surface area contributed by atoms with Crippen LogP contribution in [0.2, 0.25) is 0 Å². The van der Waals surface area contributed by atoms with Gasteiger partial charge in [-0.05, 0) is 85.7 Å². The van der Waals surface area contributed by atoms with Crippen molar-refractivity contribution < 1.29 is 24.8 Å². The van der Waals surface area contributed by atoms with Crippen LogP contribution in [0.5, 0.6) is 0 Å². The van der Waals surface area contributed by atoms with Gasteiger partial charge >= 0.3 is 5.63 Å². The van der Waals surface area contributed by atoms with Gasteiger partial charge in [0.25, 0.3) is 0 Å². The van der Waals surface area contributed by atoms with Gasteiger partial charge in [0.2, 0.25) is 0 Å². The predicted octanol–water partition coefficient (Wildman–Crippen LogP) is 2.18. The molecule has 1 heterocycles. The van der Waals surface area contributed by atoms with Gasteiger partial charge in [-0.3, -0.25) is 0 Å².